The summed E-state index contributed by atoms with van der Waals surface area (Å²) in [5.41, 5.74) is 0.679. The first-order valence-electron chi connectivity index (χ1n) is 7.50. The van der Waals surface area contributed by atoms with E-state index in [0.717, 1.165) is 0 Å². The Morgan fingerprint density at radius 3 is 2.54 bits per heavy atom. The molecule has 1 aromatic heterocycles. The summed E-state index contributed by atoms with van der Waals surface area (Å²) in [5, 5.41) is 14.9. The third-order valence-corrected chi connectivity index (χ3v) is 3.40. The van der Waals surface area contributed by atoms with Crippen LogP contribution in [0.2, 0.25) is 0 Å². The molecule has 2 rings (SSSR count). The summed E-state index contributed by atoms with van der Waals surface area (Å²) in [6, 6.07) is 8.47. The van der Waals surface area contributed by atoms with Gasteiger partial charge in [-0.25, -0.2) is 4.39 Å². The number of amides is 2. The van der Waals surface area contributed by atoms with Crippen molar-refractivity contribution in [1.29, 1.82) is 0 Å². The Morgan fingerprint density at radius 2 is 1.92 bits per heavy atom. The SMILES string of the molecule is CC(CC(O)c1ccco1)NC(=O)C(=O)NCc1ccc(F)cc1. The lowest BCUT2D eigenvalue weighted by atomic mass is 10.1. The van der Waals surface area contributed by atoms with E-state index in [1.165, 1.54) is 30.5 Å². The third kappa shape index (κ3) is 5.20. The molecule has 6 nitrogen and oxygen atoms in total. The number of hydrogen-bond acceptors (Lipinski definition) is 4. The minimum absolute atomic E-state index is 0.121. The maximum absolute atomic E-state index is 12.8. The van der Waals surface area contributed by atoms with Gasteiger partial charge in [-0.05, 0) is 36.8 Å². The highest BCUT2D eigenvalue weighted by molar-refractivity contribution is 6.35. The van der Waals surface area contributed by atoms with Gasteiger partial charge < -0.3 is 20.2 Å². The van der Waals surface area contributed by atoms with E-state index < -0.39 is 24.0 Å². The summed E-state index contributed by atoms with van der Waals surface area (Å²) in [7, 11) is 0. The summed E-state index contributed by atoms with van der Waals surface area (Å²) in [4.78, 5) is 23.6. The second-order valence-electron chi connectivity index (χ2n) is 5.45. The highest BCUT2D eigenvalue weighted by Gasteiger charge is 2.19. The van der Waals surface area contributed by atoms with Gasteiger partial charge in [-0.1, -0.05) is 12.1 Å². The van der Waals surface area contributed by atoms with Crippen LogP contribution in [0.25, 0.3) is 0 Å². The number of benzene rings is 1. The quantitative estimate of drug-likeness (QED) is 0.701. The molecule has 2 unspecified atom stereocenters. The molecule has 0 bridgehead atoms. The van der Waals surface area contributed by atoms with Crippen LogP contribution < -0.4 is 10.6 Å². The fraction of sp³-hybridized carbons (Fsp3) is 0.294. The smallest absolute Gasteiger partial charge is 0.309 e. The zero-order valence-corrected chi connectivity index (χ0v) is 13.2. The van der Waals surface area contributed by atoms with Gasteiger partial charge in [0, 0.05) is 19.0 Å². The number of aliphatic hydroxyl groups excluding tert-OH is 1. The van der Waals surface area contributed by atoms with Crippen LogP contribution in [0.3, 0.4) is 0 Å². The standard InChI is InChI=1S/C17H19FN2O4/c1-11(9-14(21)15-3-2-8-24-15)20-17(23)16(22)19-10-12-4-6-13(18)7-5-12/h2-8,11,14,21H,9-10H2,1H3,(H,19,22)(H,20,23). The Balaban J connectivity index is 1.76. The molecule has 0 saturated heterocycles. The van der Waals surface area contributed by atoms with Crippen molar-refractivity contribution in [2.75, 3.05) is 0 Å². The van der Waals surface area contributed by atoms with E-state index in [-0.39, 0.29) is 18.8 Å². The van der Waals surface area contributed by atoms with Crippen molar-refractivity contribution < 1.29 is 23.5 Å². The van der Waals surface area contributed by atoms with Crippen LogP contribution in [-0.4, -0.2) is 23.0 Å². The van der Waals surface area contributed by atoms with Gasteiger partial charge in [0.05, 0.1) is 6.26 Å². The second-order valence-corrected chi connectivity index (χ2v) is 5.45. The topological polar surface area (TPSA) is 91.6 Å². The first kappa shape index (κ1) is 17.7. The third-order valence-electron chi connectivity index (χ3n) is 3.40. The van der Waals surface area contributed by atoms with Gasteiger partial charge in [-0.15, -0.1) is 0 Å². The molecule has 24 heavy (non-hydrogen) atoms. The molecule has 0 radical (unpaired) electrons. The summed E-state index contributed by atoms with van der Waals surface area (Å²) in [6.07, 6.45) is 0.799. The van der Waals surface area contributed by atoms with Gasteiger partial charge in [-0.3, -0.25) is 9.59 Å². The predicted molar refractivity (Wildman–Crippen MR) is 84.1 cm³/mol. The van der Waals surface area contributed by atoms with Crippen LogP contribution in [0.4, 0.5) is 4.39 Å². The van der Waals surface area contributed by atoms with E-state index in [1.54, 1.807) is 19.1 Å². The maximum Gasteiger partial charge on any atom is 0.309 e. The minimum atomic E-state index is -0.863. The minimum Gasteiger partial charge on any atom is -0.467 e. The fourth-order valence-corrected chi connectivity index (χ4v) is 2.15. The van der Waals surface area contributed by atoms with Gasteiger partial charge in [0.1, 0.15) is 17.7 Å². The molecule has 2 aromatic rings. The molecule has 3 N–H and O–H groups in total. The highest BCUT2D eigenvalue weighted by Crippen LogP contribution is 2.18. The van der Waals surface area contributed by atoms with Gasteiger partial charge in [0.25, 0.3) is 0 Å². The monoisotopic (exact) mass is 334 g/mol. The average molecular weight is 334 g/mol. The first-order valence-corrected chi connectivity index (χ1v) is 7.50. The highest BCUT2D eigenvalue weighted by atomic mass is 19.1. The number of rotatable bonds is 6. The van der Waals surface area contributed by atoms with E-state index in [0.29, 0.717) is 11.3 Å². The molecule has 0 spiro atoms. The van der Waals surface area contributed by atoms with Crippen molar-refractivity contribution in [3.63, 3.8) is 0 Å². The van der Waals surface area contributed by atoms with E-state index in [1.807, 2.05) is 0 Å². The summed E-state index contributed by atoms with van der Waals surface area (Å²) in [5.74, 6) is -1.56. The summed E-state index contributed by atoms with van der Waals surface area (Å²) < 4.78 is 17.9. The maximum atomic E-state index is 12.8. The van der Waals surface area contributed by atoms with Gasteiger partial charge in [0.15, 0.2) is 0 Å². The van der Waals surface area contributed by atoms with E-state index in [9.17, 15) is 19.1 Å². The van der Waals surface area contributed by atoms with Gasteiger partial charge in [-0.2, -0.15) is 0 Å². The Kier molecular flexibility index (Phi) is 6.08. The fourth-order valence-electron chi connectivity index (χ4n) is 2.15. The first-order chi connectivity index (χ1) is 11.5. The van der Waals surface area contributed by atoms with E-state index >= 15 is 0 Å². The zero-order chi connectivity index (χ0) is 17.5. The summed E-state index contributed by atoms with van der Waals surface area (Å²) >= 11 is 0. The van der Waals surface area contributed by atoms with Crippen molar-refractivity contribution in [3.05, 3.63) is 59.8 Å². The number of aliphatic hydroxyl groups is 1. The lowest BCUT2D eigenvalue weighted by Crippen LogP contribution is -2.43. The van der Waals surface area contributed by atoms with Crippen LogP contribution in [-0.2, 0) is 16.1 Å². The Labute approximate surface area is 138 Å². The normalized spacial score (nSPS) is 13.1. The number of hydrogen-bond donors (Lipinski definition) is 3. The lowest BCUT2D eigenvalue weighted by molar-refractivity contribution is -0.139. The summed E-state index contributed by atoms with van der Waals surface area (Å²) in [6.45, 7) is 1.80. The molecule has 0 aliphatic heterocycles. The Morgan fingerprint density at radius 1 is 1.21 bits per heavy atom. The predicted octanol–water partition coefficient (Wildman–Crippen LogP) is 1.66. The second kappa shape index (κ2) is 8.26. The van der Waals surface area contributed by atoms with Crippen LogP contribution >= 0.6 is 0 Å². The molecule has 0 fully saturated rings. The molecule has 2 atom stereocenters. The van der Waals surface area contributed by atoms with E-state index in [4.69, 9.17) is 4.42 Å². The molecule has 128 valence electrons. The largest absolute Gasteiger partial charge is 0.467 e. The van der Waals surface area contributed by atoms with Crippen molar-refractivity contribution in [2.45, 2.75) is 32.0 Å². The molecule has 0 saturated carbocycles. The average Bonchev–Trinajstić information content (AvgIpc) is 3.08. The number of halogens is 1. The number of carbonyl (C=O) groups excluding carboxylic acids is 2. The van der Waals surface area contributed by atoms with Crippen LogP contribution in [0.15, 0.2) is 47.1 Å². The van der Waals surface area contributed by atoms with Crippen molar-refractivity contribution in [3.8, 4) is 0 Å². The van der Waals surface area contributed by atoms with E-state index in [2.05, 4.69) is 10.6 Å². The van der Waals surface area contributed by atoms with Crippen LogP contribution in [0.5, 0.6) is 0 Å². The lowest BCUT2D eigenvalue weighted by Gasteiger charge is -2.16. The number of carbonyl (C=O) groups is 2. The van der Waals surface area contributed by atoms with Crippen LogP contribution in [0.1, 0.15) is 30.8 Å². The van der Waals surface area contributed by atoms with Crippen molar-refractivity contribution >= 4 is 11.8 Å². The molecule has 7 heteroatoms. The van der Waals surface area contributed by atoms with Gasteiger partial charge in [0.2, 0.25) is 0 Å². The number of furan rings is 1. The molecular formula is C17H19FN2O4. The number of nitrogens with one attached hydrogen (secondary N) is 2. The Hall–Kier alpha value is -2.67. The molecule has 0 aliphatic rings. The van der Waals surface area contributed by atoms with Crippen molar-refractivity contribution in [1.82, 2.24) is 10.6 Å². The molecule has 2 amide bonds. The molecule has 1 heterocycles. The Bertz CT molecular complexity index is 670. The molecular weight excluding hydrogens is 315 g/mol. The van der Waals surface area contributed by atoms with Crippen molar-refractivity contribution in [2.24, 2.45) is 0 Å². The zero-order valence-electron chi connectivity index (χ0n) is 13.2. The van der Waals surface area contributed by atoms with Crippen LogP contribution in [0, 0.1) is 5.82 Å². The molecule has 1 aromatic carbocycles. The van der Waals surface area contributed by atoms with Gasteiger partial charge >= 0.3 is 11.8 Å². The molecule has 0 aliphatic carbocycles.